The number of nitrogens with zero attached hydrogens (tertiary/aromatic N) is 1. The van der Waals surface area contributed by atoms with Crippen molar-refractivity contribution in [2.75, 3.05) is 18.4 Å². The molecule has 0 saturated carbocycles. The van der Waals surface area contributed by atoms with Gasteiger partial charge in [0, 0.05) is 18.8 Å². The minimum Gasteiger partial charge on any atom is -0.326 e. The molecule has 0 radical (unpaired) electrons. The van der Waals surface area contributed by atoms with E-state index in [1.54, 1.807) is 12.1 Å². The molecule has 1 aliphatic heterocycles. The largest absolute Gasteiger partial charge is 0.326 e. The lowest BCUT2D eigenvalue weighted by molar-refractivity contribution is -0.115. The molecule has 1 aliphatic rings. The van der Waals surface area contributed by atoms with E-state index in [4.69, 9.17) is 11.6 Å². The molecule has 0 unspecified atom stereocenters. The van der Waals surface area contributed by atoms with Gasteiger partial charge in [-0.3, -0.25) is 4.79 Å². The van der Waals surface area contributed by atoms with Crippen molar-refractivity contribution >= 4 is 33.2 Å². The molecule has 2 aromatic carbocycles. The Morgan fingerprint density at radius 2 is 1.74 bits per heavy atom. The van der Waals surface area contributed by atoms with Crippen LogP contribution in [0.2, 0.25) is 5.02 Å². The molecule has 5 nitrogen and oxygen atoms in total. The Bertz CT molecular complexity index is 926. The Morgan fingerprint density at radius 3 is 2.37 bits per heavy atom. The van der Waals surface area contributed by atoms with Gasteiger partial charge in [0.05, 0.1) is 16.3 Å². The number of hydrogen-bond donors (Lipinski definition) is 1. The van der Waals surface area contributed by atoms with Crippen LogP contribution >= 0.6 is 11.6 Å². The summed E-state index contributed by atoms with van der Waals surface area (Å²) in [5.74, 6) is -0.857. The fraction of sp³-hybridized carbons (Fsp3) is 0.316. The van der Waals surface area contributed by atoms with Crippen molar-refractivity contribution < 1.29 is 17.6 Å². The number of benzene rings is 2. The van der Waals surface area contributed by atoms with Gasteiger partial charge in [-0.25, -0.2) is 12.8 Å². The third-order valence-electron chi connectivity index (χ3n) is 4.44. The zero-order valence-electron chi connectivity index (χ0n) is 14.6. The normalized spacial score (nSPS) is 15.5. The second kappa shape index (κ2) is 8.37. The first-order valence-electron chi connectivity index (χ1n) is 8.70. The maximum absolute atomic E-state index is 13.2. The number of nitrogens with one attached hydrogen (secondary N) is 1. The third-order valence-corrected chi connectivity index (χ3v) is 6.65. The van der Waals surface area contributed by atoms with Crippen LogP contribution in [0, 0.1) is 5.82 Å². The number of anilines is 1. The van der Waals surface area contributed by atoms with Gasteiger partial charge < -0.3 is 5.32 Å². The predicted molar refractivity (Wildman–Crippen MR) is 103 cm³/mol. The van der Waals surface area contributed by atoms with Crippen LogP contribution < -0.4 is 5.32 Å². The molecule has 0 aliphatic carbocycles. The van der Waals surface area contributed by atoms with Crippen molar-refractivity contribution in [1.29, 1.82) is 0 Å². The molecule has 1 fully saturated rings. The second-order valence-corrected chi connectivity index (χ2v) is 8.81. The van der Waals surface area contributed by atoms with Gasteiger partial charge in [-0.05, 0) is 48.7 Å². The van der Waals surface area contributed by atoms with E-state index in [0.717, 1.165) is 19.3 Å². The summed E-state index contributed by atoms with van der Waals surface area (Å²) in [6, 6.07) is 10.3. The summed E-state index contributed by atoms with van der Waals surface area (Å²) < 4.78 is 39.9. The van der Waals surface area contributed by atoms with Crippen molar-refractivity contribution in [2.24, 2.45) is 0 Å². The maximum Gasteiger partial charge on any atom is 0.243 e. The molecule has 0 atom stereocenters. The van der Waals surface area contributed by atoms with Gasteiger partial charge in [0.1, 0.15) is 5.82 Å². The topological polar surface area (TPSA) is 66.5 Å². The number of carbonyl (C=O) groups is 1. The molecular weight excluding hydrogens is 391 g/mol. The van der Waals surface area contributed by atoms with Crippen LogP contribution in [0.4, 0.5) is 10.1 Å². The van der Waals surface area contributed by atoms with Crippen LogP contribution in [0.3, 0.4) is 0 Å². The Hall–Kier alpha value is -1.96. The zero-order valence-corrected chi connectivity index (χ0v) is 16.2. The molecule has 8 heteroatoms. The Kier molecular flexibility index (Phi) is 6.14. The summed E-state index contributed by atoms with van der Waals surface area (Å²) in [4.78, 5) is 12.4. The Morgan fingerprint density at radius 1 is 1.07 bits per heavy atom. The fourth-order valence-electron chi connectivity index (χ4n) is 3.00. The highest BCUT2D eigenvalue weighted by atomic mass is 35.5. The lowest BCUT2D eigenvalue weighted by Gasteiger charge is -2.25. The highest BCUT2D eigenvalue weighted by Gasteiger charge is 2.25. The molecule has 27 heavy (non-hydrogen) atoms. The van der Waals surface area contributed by atoms with Crippen LogP contribution in [0.25, 0.3) is 0 Å². The highest BCUT2D eigenvalue weighted by Crippen LogP contribution is 2.22. The number of piperidine rings is 1. The average molecular weight is 411 g/mol. The average Bonchev–Trinajstić information content (AvgIpc) is 2.66. The van der Waals surface area contributed by atoms with E-state index in [9.17, 15) is 17.6 Å². The number of rotatable bonds is 5. The molecule has 0 spiro atoms. The minimum atomic E-state index is -3.48. The molecule has 1 heterocycles. The summed E-state index contributed by atoms with van der Waals surface area (Å²) in [5.41, 5.74) is 1.08. The summed E-state index contributed by atoms with van der Waals surface area (Å²) in [7, 11) is -3.48. The van der Waals surface area contributed by atoms with Gasteiger partial charge in [0.15, 0.2) is 0 Å². The van der Waals surface area contributed by atoms with E-state index in [0.29, 0.717) is 24.3 Å². The quantitative estimate of drug-likeness (QED) is 0.814. The van der Waals surface area contributed by atoms with Crippen molar-refractivity contribution in [2.45, 2.75) is 30.6 Å². The van der Waals surface area contributed by atoms with Crippen LogP contribution in [-0.4, -0.2) is 31.7 Å². The zero-order chi connectivity index (χ0) is 19.4. The number of sulfonamides is 1. The fourth-order valence-corrected chi connectivity index (χ4v) is 4.70. The standard InChI is InChI=1S/C19H20ClFN2O3S/c20-17-13-15(6-9-18(17)21)22-19(24)12-14-4-7-16(8-5-14)27(25,26)23-10-2-1-3-11-23/h4-9,13H,1-3,10-12H2,(H,22,24). The van der Waals surface area contributed by atoms with Crippen LogP contribution in [0.5, 0.6) is 0 Å². The van der Waals surface area contributed by atoms with Crippen molar-refractivity contribution in [3.05, 3.63) is 58.9 Å². The number of halogens is 2. The molecule has 3 rings (SSSR count). The lowest BCUT2D eigenvalue weighted by Crippen LogP contribution is -2.35. The van der Waals surface area contributed by atoms with Crippen LogP contribution in [0.1, 0.15) is 24.8 Å². The van der Waals surface area contributed by atoms with E-state index >= 15 is 0 Å². The number of amides is 1. The van der Waals surface area contributed by atoms with Gasteiger partial charge >= 0.3 is 0 Å². The molecule has 0 bridgehead atoms. The molecule has 1 amide bonds. The minimum absolute atomic E-state index is 0.0685. The maximum atomic E-state index is 13.2. The Labute approximate surface area is 163 Å². The molecule has 1 saturated heterocycles. The van der Waals surface area contributed by atoms with E-state index in [-0.39, 0.29) is 22.2 Å². The first kappa shape index (κ1) is 19.8. The van der Waals surface area contributed by atoms with Gasteiger partial charge in [0.2, 0.25) is 15.9 Å². The first-order chi connectivity index (χ1) is 12.9. The van der Waals surface area contributed by atoms with Gasteiger partial charge in [-0.2, -0.15) is 4.31 Å². The SMILES string of the molecule is O=C(Cc1ccc(S(=O)(=O)N2CCCCC2)cc1)Nc1ccc(F)c(Cl)c1. The molecular formula is C19H20ClFN2O3S. The summed E-state index contributed by atoms with van der Waals surface area (Å²) in [6.07, 6.45) is 2.88. The van der Waals surface area contributed by atoms with E-state index in [1.807, 2.05) is 0 Å². The second-order valence-electron chi connectivity index (χ2n) is 6.46. The van der Waals surface area contributed by atoms with Gasteiger partial charge in [0.25, 0.3) is 0 Å². The summed E-state index contributed by atoms with van der Waals surface area (Å²) in [6.45, 7) is 1.10. The number of carbonyl (C=O) groups excluding carboxylic acids is 1. The molecule has 2 aromatic rings. The van der Waals surface area contributed by atoms with Crippen molar-refractivity contribution in [1.82, 2.24) is 4.31 Å². The summed E-state index contributed by atoms with van der Waals surface area (Å²) in [5, 5.41) is 2.57. The third kappa shape index (κ3) is 4.86. The van der Waals surface area contributed by atoms with Crippen LogP contribution in [0.15, 0.2) is 47.4 Å². The molecule has 1 N–H and O–H groups in total. The van der Waals surface area contributed by atoms with E-state index in [2.05, 4.69) is 5.32 Å². The smallest absolute Gasteiger partial charge is 0.243 e. The van der Waals surface area contributed by atoms with Gasteiger partial charge in [-0.1, -0.05) is 30.2 Å². The Balaban J connectivity index is 1.64. The van der Waals surface area contributed by atoms with Crippen LogP contribution in [-0.2, 0) is 21.2 Å². The van der Waals surface area contributed by atoms with Crippen molar-refractivity contribution in [3.63, 3.8) is 0 Å². The lowest BCUT2D eigenvalue weighted by atomic mass is 10.1. The predicted octanol–water partition coefficient (Wildman–Crippen LogP) is 3.83. The van der Waals surface area contributed by atoms with E-state index < -0.39 is 15.8 Å². The van der Waals surface area contributed by atoms with Gasteiger partial charge in [-0.15, -0.1) is 0 Å². The molecule has 144 valence electrons. The monoisotopic (exact) mass is 410 g/mol. The summed E-state index contributed by atoms with van der Waals surface area (Å²) >= 11 is 5.69. The first-order valence-corrected chi connectivity index (χ1v) is 10.5. The number of hydrogen-bond acceptors (Lipinski definition) is 3. The van der Waals surface area contributed by atoms with E-state index in [1.165, 1.54) is 34.6 Å². The van der Waals surface area contributed by atoms with Crippen molar-refractivity contribution in [3.8, 4) is 0 Å². The highest BCUT2D eigenvalue weighted by molar-refractivity contribution is 7.89. The molecule has 0 aromatic heterocycles.